The van der Waals surface area contributed by atoms with E-state index in [4.69, 9.17) is 4.52 Å². The van der Waals surface area contributed by atoms with Crippen molar-refractivity contribution in [2.75, 3.05) is 23.4 Å². The molecule has 4 nitrogen and oxygen atoms in total. The van der Waals surface area contributed by atoms with E-state index >= 15 is 0 Å². The molecule has 0 radical (unpaired) electrons. The van der Waals surface area contributed by atoms with Gasteiger partial charge in [-0.1, -0.05) is 25.9 Å². The quantitative estimate of drug-likeness (QED) is 0.895. The molecular formula is C12H21N3OS2. The first-order valence-electron chi connectivity index (χ1n) is 6.51. The fourth-order valence-electron chi connectivity index (χ4n) is 1.86. The van der Waals surface area contributed by atoms with Gasteiger partial charge in [-0.05, 0) is 12.3 Å². The van der Waals surface area contributed by atoms with Crippen LogP contribution < -0.4 is 5.32 Å². The van der Waals surface area contributed by atoms with E-state index in [-0.39, 0.29) is 0 Å². The molecule has 1 aliphatic rings. The lowest BCUT2D eigenvalue weighted by Gasteiger charge is -2.27. The van der Waals surface area contributed by atoms with Crippen molar-refractivity contribution in [2.24, 2.45) is 5.92 Å². The Morgan fingerprint density at radius 1 is 1.39 bits per heavy atom. The van der Waals surface area contributed by atoms with Gasteiger partial charge >= 0.3 is 6.01 Å². The Kier molecular flexibility index (Phi) is 5.24. The molecule has 6 heteroatoms. The number of rotatable bonds is 5. The summed E-state index contributed by atoms with van der Waals surface area (Å²) in [6.07, 6.45) is 1.16. The third-order valence-corrected chi connectivity index (χ3v) is 6.05. The lowest BCUT2D eigenvalue weighted by molar-refractivity contribution is 0.419. The van der Waals surface area contributed by atoms with Crippen LogP contribution in [0, 0.1) is 5.92 Å². The summed E-state index contributed by atoms with van der Waals surface area (Å²) in [6, 6.07) is 0.560. The average molecular weight is 287 g/mol. The Balaban J connectivity index is 1.99. The van der Waals surface area contributed by atoms with E-state index in [1.807, 2.05) is 23.5 Å². The fraction of sp³-hybridized carbons (Fsp3) is 0.833. The molecule has 1 fully saturated rings. The van der Waals surface area contributed by atoms with Gasteiger partial charge in [-0.15, -0.1) is 11.8 Å². The Morgan fingerprint density at radius 3 is 2.89 bits per heavy atom. The standard InChI is InChI=1S/C12H21N3OS2/c1-4-9-10(18-6-5-17-9)11-14-12(16-15-11)13-7-8(2)3/h8-10H,4-7H2,1-3H3,(H,13,14,15). The largest absolute Gasteiger partial charge is 0.337 e. The minimum absolute atomic E-state index is 0.382. The molecule has 1 N–H and O–H groups in total. The number of nitrogens with zero attached hydrogens (tertiary/aromatic N) is 2. The van der Waals surface area contributed by atoms with Crippen molar-refractivity contribution in [1.29, 1.82) is 0 Å². The first-order valence-corrected chi connectivity index (χ1v) is 8.61. The molecule has 18 heavy (non-hydrogen) atoms. The number of hydrogen-bond donors (Lipinski definition) is 1. The molecule has 0 bridgehead atoms. The van der Waals surface area contributed by atoms with Gasteiger partial charge in [-0.2, -0.15) is 16.7 Å². The van der Waals surface area contributed by atoms with Crippen LogP contribution in [0.4, 0.5) is 6.01 Å². The maximum Gasteiger partial charge on any atom is 0.321 e. The molecule has 1 saturated heterocycles. The maximum atomic E-state index is 5.27. The Morgan fingerprint density at radius 2 is 2.17 bits per heavy atom. The van der Waals surface area contributed by atoms with Gasteiger partial charge in [0.2, 0.25) is 0 Å². The van der Waals surface area contributed by atoms with Gasteiger partial charge in [0.05, 0.1) is 5.25 Å². The Bertz CT molecular complexity index is 370. The Hall–Kier alpha value is -0.360. The van der Waals surface area contributed by atoms with Crippen molar-refractivity contribution < 1.29 is 4.52 Å². The number of nitrogens with one attached hydrogen (secondary N) is 1. The molecule has 0 spiro atoms. The SMILES string of the molecule is CCC1SCCSC1c1noc(NCC(C)C)n1. The summed E-state index contributed by atoms with van der Waals surface area (Å²) in [4.78, 5) is 4.48. The van der Waals surface area contributed by atoms with Gasteiger partial charge in [0.1, 0.15) is 0 Å². The Labute approximate surface area is 117 Å². The first kappa shape index (κ1) is 14.1. The lowest BCUT2D eigenvalue weighted by Crippen LogP contribution is -2.19. The second-order valence-electron chi connectivity index (χ2n) is 4.84. The molecule has 0 amide bonds. The van der Waals surface area contributed by atoms with Gasteiger partial charge in [0.15, 0.2) is 5.82 Å². The molecule has 2 unspecified atom stereocenters. The molecule has 2 heterocycles. The van der Waals surface area contributed by atoms with Crippen molar-refractivity contribution in [3.8, 4) is 0 Å². The average Bonchev–Trinajstić information content (AvgIpc) is 2.85. The molecular weight excluding hydrogens is 266 g/mol. The summed E-state index contributed by atoms with van der Waals surface area (Å²) in [6.45, 7) is 7.41. The highest BCUT2D eigenvalue weighted by molar-refractivity contribution is 8.06. The third-order valence-electron chi connectivity index (χ3n) is 2.81. The lowest BCUT2D eigenvalue weighted by atomic mass is 10.2. The van der Waals surface area contributed by atoms with Crippen molar-refractivity contribution in [2.45, 2.75) is 37.7 Å². The van der Waals surface area contributed by atoms with Crippen LogP contribution >= 0.6 is 23.5 Å². The smallest absolute Gasteiger partial charge is 0.321 e. The normalized spacial score (nSPS) is 24.4. The molecule has 0 saturated carbocycles. The molecule has 1 aliphatic heterocycles. The first-order chi connectivity index (χ1) is 8.70. The van der Waals surface area contributed by atoms with Crippen molar-refractivity contribution in [1.82, 2.24) is 10.1 Å². The van der Waals surface area contributed by atoms with Gasteiger partial charge in [0.25, 0.3) is 0 Å². The summed E-state index contributed by atoms with van der Waals surface area (Å²) < 4.78 is 5.27. The molecule has 2 atom stereocenters. The van der Waals surface area contributed by atoms with E-state index in [1.54, 1.807) is 0 Å². The molecule has 0 aromatic carbocycles. The minimum Gasteiger partial charge on any atom is -0.337 e. The number of aromatic nitrogens is 2. The predicted molar refractivity (Wildman–Crippen MR) is 79.4 cm³/mol. The van der Waals surface area contributed by atoms with Crippen LogP contribution in [0.1, 0.15) is 38.3 Å². The molecule has 102 valence electrons. The topological polar surface area (TPSA) is 51.0 Å². The van der Waals surface area contributed by atoms with E-state index in [1.165, 1.54) is 11.5 Å². The number of thioether (sulfide) groups is 2. The zero-order valence-electron chi connectivity index (χ0n) is 11.2. The van der Waals surface area contributed by atoms with E-state index in [9.17, 15) is 0 Å². The van der Waals surface area contributed by atoms with E-state index in [0.717, 1.165) is 18.8 Å². The number of anilines is 1. The number of hydrogen-bond acceptors (Lipinski definition) is 6. The third kappa shape index (κ3) is 3.57. The molecule has 0 aliphatic carbocycles. The summed E-state index contributed by atoms with van der Waals surface area (Å²) in [5, 5.41) is 8.31. The summed E-state index contributed by atoms with van der Waals surface area (Å²) in [5.74, 6) is 3.83. The van der Waals surface area contributed by atoms with Crippen molar-refractivity contribution in [3.05, 3.63) is 5.82 Å². The van der Waals surface area contributed by atoms with Gasteiger partial charge < -0.3 is 9.84 Å². The second kappa shape index (κ2) is 6.70. The van der Waals surface area contributed by atoms with Crippen LogP contribution in [-0.2, 0) is 0 Å². The summed E-state index contributed by atoms with van der Waals surface area (Å²) in [5.41, 5.74) is 0. The highest BCUT2D eigenvalue weighted by Gasteiger charge is 2.30. The van der Waals surface area contributed by atoms with Crippen molar-refractivity contribution in [3.63, 3.8) is 0 Å². The van der Waals surface area contributed by atoms with Crippen LogP contribution in [0.15, 0.2) is 4.52 Å². The van der Waals surface area contributed by atoms with Crippen LogP contribution in [0.2, 0.25) is 0 Å². The van der Waals surface area contributed by atoms with Crippen LogP contribution in [0.3, 0.4) is 0 Å². The predicted octanol–water partition coefficient (Wildman–Crippen LogP) is 3.44. The fourth-order valence-corrected chi connectivity index (χ4v) is 4.84. The zero-order valence-corrected chi connectivity index (χ0v) is 12.8. The molecule has 1 aromatic heterocycles. The molecule has 2 rings (SSSR count). The van der Waals surface area contributed by atoms with Gasteiger partial charge in [-0.25, -0.2) is 0 Å². The van der Waals surface area contributed by atoms with Gasteiger partial charge in [-0.3, -0.25) is 0 Å². The van der Waals surface area contributed by atoms with Crippen molar-refractivity contribution >= 4 is 29.5 Å². The van der Waals surface area contributed by atoms with E-state index in [0.29, 0.717) is 22.4 Å². The minimum atomic E-state index is 0.382. The molecule has 1 aromatic rings. The van der Waals surface area contributed by atoms with E-state index in [2.05, 4.69) is 36.2 Å². The summed E-state index contributed by atoms with van der Waals surface area (Å²) >= 11 is 3.98. The maximum absolute atomic E-state index is 5.27. The monoisotopic (exact) mass is 287 g/mol. The van der Waals surface area contributed by atoms with Gasteiger partial charge in [0, 0.05) is 23.3 Å². The highest BCUT2D eigenvalue weighted by atomic mass is 32.2. The second-order valence-corrected chi connectivity index (χ2v) is 7.44. The van der Waals surface area contributed by atoms with Crippen LogP contribution in [0.25, 0.3) is 0 Å². The summed E-state index contributed by atoms with van der Waals surface area (Å²) in [7, 11) is 0. The van der Waals surface area contributed by atoms with Crippen LogP contribution in [-0.4, -0.2) is 33.4 Å². The van der Waals surface area contributed by atoms with Crippen LogP contribution in [0.5, 0.6) is 0 Å². The van der Waals surface area contributed by atoms with E-state index < -0.39 is 0 Å². The highest BCUT2D eigenvalue weighted by Crippen LogP contribution is 2.43. The zero-order chi connectivity index (χ0) is 13.0.